The molecular formula is C31H35F2N3O3. The molecule has 0 saturated carbocycles. The van der Waals surface area contributed by atoms with Crippen LogP contribution in [0.3, 0.4) is 0 Å². The molecule has 0 unspecified atom stereocenters. The summed E-state index contributed by atoms with van der Waals surface area (Å²) in [5, 5.41) is 12.0. The lowest BCUT2D eigenvalue weighted by Gasteiger charge is -2.42. The Labute approximate surface area is 227 Å². The third kappa shape index (κ3) is 5.54. The molecule has 1 fully saturated rings. The number of ketones is 1. The summed E-state index contributed by atoms with van der Waals surface area (Å²) < 4.78 is 29.2. The Morgan fingerprint density at radius 3 is 2.00 bits per heavy atom. The summed E-state index contributed by atoms with van der Waals surface area (Å²) in [4.78, 5) is 29.2. The minimum absolute atomic E-state index is 0.0190. The van der Waals surface area contributed by atoms with Crippen LogP contribution < -0.4 is 0 Å². The summed E-state index contributed by atoms with van der Waals surface area (Å²) in [6.45, 7) is 3.64. The van der Waals surface area contributed by atoms with Gasteiger partial charge in [-0.25, -0.2) is 8.78 Å². The van der Waals surface area contributed by atoms with Gasteiger partial charge in [0.15, 0.2) is 5.78 Å². The van der Waals surface area contributed by atoms with Crippen molar-refractivity contribution in [3.05, 3.63) is 94.8 Å². The fourth-order valence-corrected chi connectivity index (χ4v) is 6.05. The van der Waals surface area contributed by atoms with E-state index < -0.39 is 5.60 Å². The number of unbranched alkanes of at least 4 members (excludes halogenated alkanes) is 1. The molecule has 1 amide bonds. The van der Waals surface area contributed by atoms with Gasteiger partial charge in [0.1, 0.15) is 22.9 Å². The van der Waals surface area contributed by atoms with E-state index in [4.69, 9.17) is 0 Å². The van der Waals surface area contributed by atoms with E-state index in [1.807, 2.05) is 10.8 Å². The average molecular weight is 536 g/mol. The number of aromatic nitrogens is 1. The van der Waals surface area contributed by atoms with Gasteiger partial charge in [0.2, 0.25) is 0 Å². The lowest BCUT2D eigenvalue weighted by atomic mass is 9.72. The van der Waals surface area contributed by atoms with Crippen LogP contribution in [0.25, 0.3) is 0 Å². The van der Waals surface area contributed by atoms with E-state index in [-0.39, 0.29) is 29.2 Å². The number of halogens is 2. The number of hydrogen-bond acceptors (Lipinski definition) is 4. The third-order valence-electron chi connectivity index (χ3n) is 8.36. The molecule has 1 aromatic heterocycles. The number of Topliss-reactive ketones (excluding diaryl/α,β-unsaturated/α-hetero) is 1. The Balaban J connectivity index is 1.19. The summed E-state index contributed by atoms with van der Waals surface area (Å²) in [7, 11) is 1.74. The smallest absolute Gasteiger partial charge is 0.270 e. The number of likely N-dealkylation sites (tertiary alicyclic amines) is 1. The topological polar surface area (TPSA) is 65.8 Å². The molecule has 3 aromatic rings. The first-order chi connectivity index (χ1) is 18.8. The number of rotatable bonds is 8. The van der Waals surface area contributed by atoms with E-state index >= 15 is 0 Å². The Morgan fingerprint density at radius 2 is 1.41 bits per heavy atom. The van der Waals surface area contributed by atoms with Gasteiger partial charge in [0.25, 0.3) is 5.91 Å². The van der Waals surface area contributed by atoms with Crippen LogP contribution in [0, 0.1) is 17.6 Å². The number of aliphatic hydroxyl groups is 1. The maximum Gasteiger partial charge on any atom is 0.270 e. The first-order valence-corrected chi connectivity index (χ1v) is 13.7. The summed E-state index contributed by atoms with van der Waals surface area (Å²) in [5.41, 5.74) is 0.913. The minimum atomic E-state index is -1.34. The van der Waals surface area contributed by atoms with Crippen molar-refractivity contribution in [1.82, 2.24) is 14.4 Å². The Morgan fingerprint density at radius 1 is 0.846 bits per heavy atom. The zero-order chi connectivity index (χ0) is 27.6. The highest BCUT2D eigenvalue weighted by Gasteiger charge is 2.41. The predicted molar refractivity (Wildman–Crippen MR) is 145 cm³/mol. The molecule has 3 heterocycles. The van der Waals surface area contributed by atoms with E-state index in [1.165, 1.54) is 24.3 Å². The number of amides is 1. The molecule has 1 N–H and O–H groups in total. The molecule has 6 nitrogen and oxygen atoms in total. The van der Waals surface area contributed by atoms with Crippen molar-refractivity contribution in [2.75, 3.05) is 33.2 Å². The molecule has 0 radical (unpaired) electrons. The molecule has 1 saturated heterocycles. The molecule has 0 aliphatic carbocycles. The molecule has 0 spiro atoms. The molecule has 2 aliphatic heterocycles. The normalized spacial score (nSPS) is 17.4. The first-order valence-electron chi connectivity index (χ1n) is 13.7. The monoisotopic (exact) mass is 535 g/mol. The number of piperidine rings is 1. The van der Waals surface area contributed by atoms with Gasteiger partial charge in [-0.2, -0.15) is 0 Å². The van der Waals surface area contributed by atoms with Gasteiger partial charge in [0.05, 0.1) is 0 Å². The van der Waals surface area contributed by atoms with Crippen LogP contribution >= 0.6 is 0 Å². The lowest BCUT2D eigenvalue weighted by Crippen LogP contribution is -2.44. The highest BCUT2D eigenvalue weighted by Crippen LogP contribution is 2.42. The quantitative estimate of drug-likeness (QED) is 0.419. The average Bonchev–Trinajstić information content (AvgIpc) is 3.34. The van der Waals surface area contributed by atoms with Crippen LogP contribution in [0.1, 0.15) is 64.1 Å². The van der Waals surface area contributed by atoms with Gasteiger partial charge in [-0.15, -0.1) is 0 Å². The van der Waals surface area contributed by atoms with Crippen molar-refractivity contribution >= 4 is 11.7 Å². The molecule has 0 bridgehead atoms. The second-order valence-electron chi connectivity index (χ2n) is 10.8. The first kappa shape index (κ1) is 27.2. The zero-order valence-electron chi connectivity index (χ0n) is 22.3. The maximum atomic E-state index is 13.6. The zero-order valence-corrected chi connectivity index (χ0v) is 22.3. The fourth-order valence-electron chi connectivity index (χ4n) is 6.05. The molecule has 2 aromatic carbocycles. The van der Waals surface area contributed by atoms with Crippen molar-refractivity contribution in [3.63, 3.8) is 0 Å². The van der Waals surface area contributed by atoms with Gasteiger partial charge in [0, 0.05) is 38.3 Å². The number of aryl methyl sites for hydroxylation is 1. The van der Waals surface area contributed by atoms with Gasteiger partial charge in [-0.1, -0.05) is 24.3 Å². The van der Waals surface area contributed by atoms with E-state index in [0.717, 1.165) is 45.3 Å². The Kier molecular flexibility index (Phi) is 7.96. The van der Waals surface area contributed by atoms with Crippen molar-refractivity contribution in [2.24, 2.45) is 5.92 Å². The van der Waals surface area contributed by atoms with Crippen molar-refractivity contribution in [1.29, 1.82) is 0 Å². The number of benzene rings is 2. The lowest BCUT2D eigenvalue weighted by molar-refractivity contribution is -0.0144. The van der Waals surface area contributed by atoms with E-state index in [1.54, 1.807) is 42.3 Å². The molecule has 206 valence electrons. The van der Waals surface area contributed by atoms with E-state index in [9.17, 15) is 23.5 Å². The van der Waals surface area contributed by atoms with Crippen LogP contribution in [0.5, 0.6) is 0 Å². The number of carbonyl (C=O) groups excluding carboxylic acids is 2. The molecular weight excluding hydrogens is 500 g/mol. The highest BCUT2D eigenvalue weighted by atomic mass is 19.1. The van der Waals surface area contributed by atoms with E-state index in [2.05, 4.69) is 4.90 Å². The number of carbonyl (C=O) groups is 2. The number of fused-ring (bicyclic) bond motifs is 1. The summed E-state index contributed by atoms with van der Waals surface area (Å²) in [6.07, 6.45) is 5.51. The van der Waals surface area contributed by atoms with Crippen molar-refractivity contribution in [2.45, 2.75) is 44.2 Å². The van der Waals surface area contributed by atoms with Crippen LogP contribution in [-0.4, -0.2) is 64.4 Å². The minimum Gasteiger partial charge on any atom is -0.380 e. The third-order valence-corrected chi connectivity index (χ3v) is 8.36. The van der Waals surface area contributed by atoms with Crippen LogP contribution in [0.4, 0.5) is 8.78 Å². The van der Waals surface area contributed by atoms with Crippen LogP contribution in [-0.2, 0) is 12.1 Å². The van der Waals surface area contributed by atoms with Crippen molar-refractivity contribution < 1.29 is 23.5 Å². The van der Waals surface area contributed by atoms with Gasteiger partial charge < -0.3 is 19.5 Å². The highest BCUT2D eigenvalue weighted by molar-refractivity contribution is 6.08. The Hall–Kier alpha value is -3.36. The molecule has 39 heavy (non-hydrogen) atoms. The molecule has 5 rings (SSSR count). The number of hydrogen-bond donors (Lipinski definition) is 1. The SMILES string of the molecule is CN1CCC(=O)c2ccn(CCCCN3CCC(C(O)(c4ccc(F)cc4)c4ccc(F)cc4)CC3)c2C1=O. The van der Waals surface area contributed by atoms with Gasteiger partial charge in [-0.05, 0) is 92.7 Å². The maximum absolute atomic E-state index is 13.6. The second kappa shape index (κ2) is 11.4. The van der Waals surface area contributed by atoms with E-state index in [0.29, 0.717) is 41.9 Å². The standard InChI is InChI=1S/C31H35F2N3O3/c1-34-18-15-28(37)27-14-21-36(29(27)30(34)38)17-3-2-16-35-19-12-24(13-20-35)31(39,22-4-8-25(32)9-5-22)23-6-10-26(33)11-7-23/h4-11,14,21,24,39H,2-3,12-13,15-20H2,1H3. The fraction of sp³-hybridized carbons (Fsp3) is 0.419. The van der Waals surface area contributed by atoms with Crippen molar-refractivity contribution in [3.8, 4) is 0 Å². The van der Waals surface area contributed by atoms with Crippen LogP contribution in [0.15, 0.2) is 60.8 Å². The van der Waals surface area contributed by atoms with Gasteiger partial charge >= 0.3 is 0 Å². The summed E-state index contributed by atoms with van der Waals surface area (Å²) >= 11 is 0. The number of nitrogens with zero attached hydrogens (tertiary/aromatic N) is 3. The molecule has 0 atom stereocenters. The summed E-state index contributed by atoms with van der Waals surface area (Å²) in [6, 6.07) is 13.6. The Bertz CT molecular complexity index is 1270. The largest absolute Gasteiger partial charge is 0.380 e. The van der Waals surface area contributed by atoms with Crippen LogP contribution in [0.2, 0.25) is 0 Å². The van der Waals surface area contributed by atoms with Gasteiger partial charge in [-0.3, -0.25) is 9.59 Å². The second-order valence-corrected chi connectivity index (χ2v) is 10.8. The molecule has 8 heteroatoms. The summed E-state index contributed by atoms with van der Waals surface area (Å²) in [5.74, 6) is -0.910. The molecule has 2 aliphatic rings. The predicted octanol–water partition coefficient (Wildman–Crippen LogP) is 4.85.